The van der Waals surface area contributed by atoms with Gasteiger partial charge in [-0.2, -0.15) is 0 Å². The number of ether oxygens (including phenoxy) is 1. The summed E-state index contributed by atoms with van der Waals surface area (Å²) in [4.78, 5) is 16.4. The molecule has 0 radical (unpaired) electrons. The van der Waals surface area contributed by atoms with Crippen molar-refractivity contribution in [3.05, 3.63) is 0 Å². The van der Waals surface area contributed by atoms with Gasteiger partial charge in [0, 0.05) is 19.6 Å². The Kier molecular flexibility index (Phi) is 5.08. The van der Waals surface area contributed by atoms with Gasteiger partial charge in [-0.25, -0.2) is 4.79 Å². The van der Waals surface area contributed by atoms with Gasteiger partial charge in [-0.1, -0.05) is 6.42 Å². The summed E-state index contributed by atoms with van der Waals surface area (Å²) in [6.45, 7) is 8.92. The van der Waals surface area contributed by atoms with E-state index >= 15 is 0 Å². The monoisotopic (exact) mass is 268 g/mol. The second kappa shape index (κ2) is 6.60. The molecule has 0 aromatic heterocycles. The molecule has 0 aromatic carbocycles. The fourth-order valence-corrected chi connectivity index (χ4v) is 3.07. The molecular formula is C15H28N2O2. The van der Waals surface area contributed by atoms with Crippen LogP contribution in [0.2, 0.25) is 0 Å². The summed E-state index contributed by atoms with van der Waals surface area (Å²) < 4.78 is 5.73. The molecule has 0 aliphatic carbocycles. The lowest BCUT2D eigenvalue weighted by molar-refractivity contribution is -0.0134. The van der Waals surface area contributed by atoms with Gasteiger partial charge < -0.3 is 9.64 Å². The van der Waals surface area contributed by atoms with Crippen LogP contribution < -0.4 is 0 Å². The molecule has 0 saturated carbocycles. The van der Waals surface area contributed by atoms with Gasteiger partial charge in [0.25, 0.3) is 0 Å². The summed E-state index contributed by atoms with van der Waals surface area (Å²) in [7, 11) is 0. The zero-order valence-electron chi connectivity index (χ0n) is 12.5. The Morgan fingerprint density at radius 2 is 1.47 bits per heavy atom. The molecule has 2 heterocycles. The van der Waals surface area contributed by atoms with Gasteiger partial charge in [-0.05, 0) is 59.0 Å². The molecule has 0 unspecified atom stereocenters. The summed E-state index contributed by atoms with van der Waals surface area (Å²) >= 11 is 0. The highest BCUT2D eigenvalue weighted by atomic mass is 16.6. The van der Waals surface area contributed by atoms with Crippen molar-refractivity contribution in [1.29, 1.82) is 0 Å². The maximum Gasteiger partial charge on any atom is 0.410 e. The van der Waals surface area contributed by atoms with E-state index in [2.05, 4.69) is 4.90 Å². The first-order valence-corrected chi connectivity index (χ1v) is 7.77. The van der Waals surface area contributed by atoms with Crippen molar-refractivity contribution in [1.82, 2.24) is 9.80 Å². The van der Waals surface area contributed by atoms with E-state index in [1.807, 2.05) is 18.7 Å². The minimum Gasteiger partial charge on any atom is -0.442 e. The topological polar surface area (TPSA) is 32.8 Å². The lowest BCUT2D eigenvalue weighted by atomic mass is 10.1. The molecule has 2 saturated heterocycles. The molecule has 0 atom stereocenters. The third kappa shape index (κ3) is 4.68. The van der Waals surface area contributed by atoms with E-state index in [9.17, 15) is 4.79 Å². The van der Waals surface area contributed by atoms with Crippen molar-refractivity contribution < 1.29 is 9.53 Å². The number of nitrogens with zero attached hydrogens (tertiary/aromatic N) is 2. The van der Waals surface area contributed by atoms with E-state index in [0.29, 0.717) is 0 Å². The molecule has 4 nitrogen and oxygen atoms in total. The maximum absolute atomic E-state index is 12.1. The predicted octanol–water partition coefficient (Wildman–Crippen LogP) is 2.87. The van der Waals surface area contributed by atoms with Crippen molar-refractivity contribution in [3.8, 4) is 0 Å². The summed E-state index contributed by atoms with van der Waals surface area (Å²) in [5.41, 5.74) is -0.383. The number of carbonyl (C=O) groups excluding carboxylic acids is 1. The molecule has 2 aliphatic rings. The standard InChI is InChI=1S/C15H28N2O2/c1-15(2,13-16-9-5-3-6-10-16)19-14(18)17-11-7-4-8-12-17/h3-13H2,1-2H3. The molecular weight excluding hydrogens is 240 g/mol. The van der Waals surface area contributed by atoms with Crippen molar-refractivity contribution >= 4 is 6.09 Å². The predicted molar refractivity (Wildman–Crippen MR) is 76.3 cm³/mol. The zero-order valence-corrected chi connectivity index (χ0v) is 12.5. The van der Waals surface area contributed by atoms with Gasteiger partial charge in [0.05, 0.1) is 0 Å². The van der Waals surface area contributed by atoms with E-state index < -0.39 is 0 Å². The Morgan fingerprint density at radius 1 is 0.947 bits per heavy atom. The molecule has 2 fully saturated rings. The van der Waals surface area contributed by atoms with E-state index in [4.69, 9.17) is 4.74 Å². The Bertz CT molecular complexity index is 293. The van der Waals surface area contributed by atoms with Crippen LogP contribution >= 0.6 is 0 Å². The average Bonchev–Trinajstić information content (AvgIpc) is 2.39. The average molecular weight is 268 g/mol. The van der Waals surface area contributed by atoms with Crippen LogP contribution in [0, 0.1) is 0 Å². The molecule has 19 heavy (non-hydrogen) atoms. The first-order chi connectivity index (χ1) is 9.07. The highest BCUT2D eigenvalue weighted by molar-refractivity contribution is 5.68. The number of piperidine rings is 2. The third-order valence-electron chi connectivity index (χ3n) is 4.03. The van der Waals surface area contributed by atoms with Crippen molar-refractivity contribution in [2.75, 3.05) is 32.7 Å². The van der Waals surface area contributed by atoms with Gasteiger partial charge in [-0.3, -0.25) is 4.90 Å². The fourth-order valence-electron chi connectivity index (χ4n) is 3.07. The van der Waals surface area contributed by atoms with Crippen LogP contribution in [0.1, 0.15) is 52.4 Å². The first kappa shape index (κ1) is 14.6. The highest BCUT2D eigenvalue weighted by Gasteiger charge is 2.29. The third-order valence-corrected chi connectivity index (χ3v) is 4.03. The second-order valence-corrected chi connectivity index (χ2v) is 6.51. The zero-order chi connectivity index (χ0) is 13.7. The molecule has 0 spiro atoms. The number of rotatable bonds is 3. The number of amides is 1. The van der Waals surface area contributed by atoms with Gasteiger partial charge >= 0.3 is 6.09 Å². The van der Waals surface area contributed by atoms with Crippen molar-refractivity contribution in [2.45, 2.75) is 58.0 Å². The van der Waals surface area contributed by atoms with E-state index in [0.717, 1.165) is 45.6 Å². The highest BCUT2D eigenvalue weighted by Crippen LogP contribution is 2.19. The maximum atomic E-state index is 12.1. The van der Waals surface area contributed by atoms with Crippen LogP contribution in [0.25, 0.3) is 0 Å². The van der Waals surface area contributed by atoms with E-state index in [-0.39, 0.29) is 11.7 Å². The number of carbonyl (C=O) groups is 1. The molecule has 1 amide bonds. The largest absolute Gasteiger partial charge is 0.442 e. The second-order valence-electron chi connectivity index (χ2n) is 6.51. The van der Waals surface area contributed by atoms with Crippen LogP contribution in [0.3, 0.4) is 0 Å². The molecule has 2 rings (SSSR count). The SMILES string of the molecule is CC(C)(CN1CCCCC1)OC(=O)N1CCCCC1. The lowest BCUT2D eigenvalue weighted by Crippen LogP contribution is -2.47. The molecule has 0 bridgehead atoms. The van der Waals surface area contributed by atoms with E-state index in [1.165, 1.54) is 25.7 Å². The van der Waals surface area contributed by atoms with Gasteiger partial charge in [0.2, 0.25) is 0 Å². The summed E-state index contributed by atoms with van der Waals surface area (Å²) in [6, 6.07) is 0. The lowest BCUT2D eigenvalue weighted by Gasteiger charge is -2.36. The van der Waals surface area contributed by atoms with Gasteiger partial charge in [0.1, 0.15) is 5.60 Å². The van der Waals surface area contributed by atoms with Gasteiger partial charge in [-0.15, -0.1) is 0 Å². The minimum absolute atomic E-state index is 0.123. The quantitative estimate of drug-likeness (QED) is 0.789. The molecule has 110 valence electrons. The Hall–Kier alpha value is -0.770. The first-order valence-electron chi connectivity index (χ1n) is 7.77. The summed E-state index contributed by atoms with van der Waals surface area (Å²) in [5, 5.41) is 0. The fraction of sp³-hybridized carbons (Fsp3) is 0.933. The Morgan fingerprint density at radius 3 is 2.05 bits per heavy atom. The van der Waals surface area contributed by atoms with Crippen LogP contribution in [-0.2, 0) is 4.74 Å². The summed E-state index contributed by atoms with van der Waals surface area (Å²) in [5.74, 6) is 0. The van der Waals surface area contributed by atoms with Crippen LogP contribution in [0.5, 0.6) is 0 Å². The van der Waals surface area contributed by atoms with Gasteiger partial charge in [0.15, 0.2) is 0 Å². The number of hydrogen-bond donors (Lipinski definition) is 0. The van der Waals surface area contributed by atoms with Crippen molar-refractivity contribution in [3.63, 3.8) is 0 Å². The van der Waals surface area contributed by atoms with E-state index in [1.54, 1.807) is 0 Å². The Balaban J connectivity index is 1.79. The van der Waals surface area contributed by atoms with Crippen LogP contribution in [-0.4, -0.2) is 54.2 Å². The minimum atomic E-state index is -0.383. The number of hydrogen-bond acceptors (Lipinski definition) is 3. The molecule has 2 aliphatic heterocycles. The normalized spacial score (nSPS) is 22.3. The Labute approximate surface area is 117 Å². The molecule has 0 N–H and O–H groups in total. The smallest absolute Gasteiger partial charge is 0.410 e. The summed E-state index contributed by atoms with van der Waals surface area (Å²) in [6.07, 6.45) is 7.22. The number of likely N-dealkylation sites (tertiary alicyclic amines) is 2. The van der Waals surface area contributed by atoms with Crippen molar-refractivity contribution in [2.24, 2.45) is 0 Å². The molecule has 0 aromatic rings. The molecule has 4 heteroatoms. The van der Waals surface area contributed by atoms with Crippen LogP contribution in [0.15, 0.2) is 0 Å². The van der Waals surface area contributed by atoms with Crippen LogP contribution in [0.4, 0.5) is 4.79 Å².